The number of thiophene rings is 1. The number of rotatable bonds is 5. The SMILES string of the molecule is COc1ccc(-n2c(=O)[nH]c3c(C(N)=O)nc(-c4cccs4)nc32)cc1OC. The van der Waals surface area contributed by atoms with E-state index in [1.165, 1.54) is 30.1 Å². The second-order valence-corrected chi connectivity index (χ2v) is 6.69. The molecule has 3 heterocycles. The molecular formula is C18H15N5O4S. The molecule has 142 valence electrons. The number of H-pyrrole nitrogens is 1. The summed E-state index contributed by atoms with van der Waals surface area (Å²) in [6.45, 7) is 0. The summed E-state index contributed by atoms with van der Waals surface area (Å²) in [6.07, 6.45) is 0. The third kappa shape index (κ3) is 2.79. The van der Waals surface area contributed by atoms with Crippen molar-refractivity contribution in [3.8, 4) is 27.9 Å². The van der Waals surface area contributed by atoms with Crippen molar-refractivity contribution in [2.75, 3.05) is 14.2 Å². The van der Waals surface area contributed by atoms with Gasteiger partial charge in [-0.2, -0.15) is 0 Å². The van der Waals surface area contributed by atoms with Gasteiger partial charge in [0.1, 0.15) is 5.52 Å². The minimum atomic E-state index is -0.758. The number of imidazole rings is 1. The van der Waals surface area contributed by atoms with Crippen LogP contribution in [0.2, 0.25) is 0 Å². The van der Waals surface area contributed by atoms with E-state index in [4.69, 9.17) is 15.2 Å². The molecule has 0 spiro atoms. The minimum Gasteiger partial charge on any atom is -0.493 e. The Morgan fingerprint density at radius 1 is 1.18 bits per heavy atom. The highest BCUT2D eigenvalue weighted by atomic mass is 32.1. The van der Waals surface area contributed by atoms with Crippen LogP contribution in [0.25, 0.3) is 27.6 Å². The van der Waals surface area contributed by atoms with Gasteiger partial charge < -0.3 is 20.2 Å². The number of carbonyl (C=O) groups excluding carboxylic acids is 1. The van der Waals surface area contributed by atoms with Crippen molar-refractivity contribution in [1.82, 2.24) is 19.5 Å². The molecule has 0 aliphatic carbocycles. The van der Waals surface area contributed by atoms with E-state index in [-0.39, 0.29) is 16.9 Å². The van der Waals surface area contributed by atoms with Gasteiger partial charge in [-0.1, -0.05) is 6.07 Å². The molecule has 0 radical (unpaired) electrons. The number of aromatic amines is 1. The number of methoxy groups -OCH3 is 2. The molecular weight excluding hydrogens is 382 g/mol. The van der Waals surface area contributed by atoms with Crippen LogP contribution in [-0.2, 0) is 0 Å². The molecule has 4 aromatic rings. The van der Waals surface area contributed by atoms with Gasteiger partial charge >= 0.3 is 5.69 Å². The third-order valence-electron chi connectivity index (χ3n) is 4.14. The minimum absolute atomic E-state index is 0.0512. The van der Waals surface area contributed by atoms with Gasteiger partial charge in [-0.05, 0) is 23.6 Å². The molecule has 9 nitrogen and oxygen atoms in total. The highest BCUT2D eigenvalue weighted by Gasteiger charge is 2.21. The average molecular weight is 397 g/mol. The van der Waals surface area contributed by atoms with E-state index in [2.05, 4.69) is 15.0 Å². The first-order chi connectivity index (χ1) is 13.5. The number of nitrogens with two attached hydrogens (primary N) is 1. The summed E-state index contributed by atoms with van der Waals surface area (Å²) in [5.41, 5.74) is 5.86. The quantitative estimate of drug-likeness (QED) is 0.530. The maximum Gasteiger partial charge on any atom is 0.332 e. The van der Waals surface area contributed by atoms with Gasteiger partial charge in [0.15, 0.2) is 28.7 Å². The summed E-state index contributed by atoms with van der Waals surface area (Å²) in [7, 11) is 3.02. The number of benzene rings is 1. The van der Waals surface area contributed by atoms with Crippen molar-refractivity contribution >= 4 is 28.4 Å². The molecule has 0 aliphatic heterocycles. The molecule has 0 aliphatic rings. The maximum absolute atomic E-state index is 12.7. The first-order valence-corrected chi connectivity index (χ1v) is 9.00. The number of amides is 1. The van der Waals surface area contributed by atoms with Crippen LogP contribution in [0.5, 0.6) is 11.5 Å². The standard InChI is InChI=1S/C18H15N5O4S/c1-26-10-6-5-9(8-11(10)27-2)23-17-14(21-18(23)25)13(15(19)24)20-16(22-17)12-4-3-7-28-12/h3-8H,1-2H3,(H2,19,24)(H,21,25). The molecule has 0 bridgehead atoms. The molecule has 28 heavy (non-hydrogen) atoms. The highest BCUT2D eigenvalue weighted by Crippen LogP contribution is 2.30. The first kappa shape index (κ1) is 17.7. The van der Waals surface area contributed by atoms with E-state index >= 15 is 0 Å². The van der Waals surface area contributed by atoms with Gasteiger partial charge in [0.2, 0.25) is 0 Å². The van der Waals surface area contributed by atoms with Crippen LogP contribution in [0.15, 0.2) is 40.5 Å². The number of nitrogens with zero attached hydrogens (tertiary/aromatic N) is 3. The third-order valence-corrected chi connectivity index (χ3v) is 5.00. The summed E-state index contributed by atoms with van der Waals surface area (Å²) in [4.78, 5) is 36.8. The molecule has 1 aromatic carbocycles. The Labute approximate surface area is 162 Å². The fourth-order valence-corrected chi connectivity index (χ4v) is 3.54. The maximum atomic E-state index is 12.7. The van der Waals surface area contributed by atoms with Crippen molar-refractivity contribution in [2.24, 2.45) is 5.73 Å². The van der Waals surface area contributed by atoms with E-state index in [0.29, 0.717) is 23.0 Å². The molecule has 0 unspecified atom stereocenters. The Hall–Kier alpha value is -3.66. The highest BCUT2D eigenvalue weighted by molar-refractivity contribution is 7.13. The lowest BCUT2D eigenvalue weighted by Crippen LogP contribution is -2.15. The number of nitrogens with one attached hydrogen (secondary N) is 1. The van der Waals surface area contributed by atoms with Crippen LogP contribution in [0, 0.1) is 0 Å². The summed E-state index contributed by atoms with van der Waals surface area (Å²) in [6, 6.07) is 8.67. The lowest BCUT2D eigenvalue weighted by atomic mass is 10.2. The Morgan fingerprint density at radius 2 is 1.96 bits per heavy atom. The topological polar surface area (TPSA) is 125 Å². The van der Waals surface area contributed by atoms with Gasteiger partial charge in [-0.3, -0.25) is 4.79 Å². The van der Waals surface area contributed by atoms with Gasteiger partial charge in [0.05, 0.1) is 24.8 Å². The summed E-state index contributed by atoms with van der Waals surface area (Å²) in [5, 5.41) is 1.87. The van der Waals surface area contributed by atoms with Gasteiger partial charge in [0.25, 0.3) is 5.91 Å². The van der Waals surface area contributed by atoms with Gasteiger partial charge in [0, 0.05) is 6.07 Å². The number of aromatic nitrogens is 4. The smallest absolute Gasteiger partial charge is 0.332 e. The lowest BCUT2D eigenvalue weighted by molar-refractivity contribution is 0.0997. The van der Waals surface area contributed by atoms with Crippen LogP contribution >= 0.6 is 11.3 Å². The zero-order valence-electron chi connectivity index (χ0n) is 14.9. The van der Waals surface area contributed by atoms with E-state index in [1.807, 2.05) is 17.5 Å². The van der Waals surface area contributed by atoms with Crippen molar-refractivity contribution < 1.29 is 14.3 Å². The van der Waals surface area contributed by atoms with Crippen LogP contribution < -0.4 is 20.9 Å². The van der Waals surface area contributed by atoms with Crippen molar-refractivity contribution in [3.63, 3.8) is 0 Å². The van der Waals surface area contributed by atoms with E-state index in [9.17, 15) is 9.59 Å². The van der Waals surface area contributed by atoms with E-state index < -0.39 is 11.6 Å². The van der Waals surface area contributed by atoms with Crippen LogP contribution in [0.3, 0.4) is 0 Å². The average Bonchev–Trinajstić information content (AvgIpc) is 3.33. The van der Waals surface area contributed by atoms with Crippen LogP contribution in [0.4, 0.5) is 0 Å². The van der Waals surface area contributed by atoms with Crippen LogP contribution in [0.1, 0.15) is 10.5 Å². The first-order valence-electron chi connectivity index (χ1n) is 8.12. The number of carbonyl (C=O) groups is 1. The van der Waals surface area contributed by atoms with Gasteiger partial charge in [-0.15, -0.1) is 11.3 Å². The normalized spacial score (nSPS) is 10.9. The number of hydrogen-bond acceptors (Lipinski definition) is 7. The van der Waals surface area contributed by atoms with Crippen molar-refractivity contribution in [2.45, 2.75) is 0 Å². The Bertz CT molecular complexity index is 1240. The Balaban J connectivity index is 2.03. The van der Waals surface area contributed by atoms with Crippen molar-refractivity contribution in [3.05, 3.63) is 51.9 Å². The van der Waals surface area contributed by atoms with E-state index in [0.717, 1.165) is 4.88 Å². The molecule has 1 amide bonds. The summed E-state index contributed by atoms with van der Waals surface area (Å²) in [5.74, 6) is 0.519. The molecule has 0 fully saturated rings. The van der Waals surface area contributed by atoms with Crippen LogP contribution in [-0.4, -0.2) is 39.6 Å². The van der Waals surface area contributed by atoms with Crippen molar-refractivity contribution in [1.29, 1.82) is 0 Å². The molecule has 10 heteroatoms. The predicted molar refractivity (Wildman–Crippen MR) is 104 cm³/mol. The van der Waals surface area contributed by atoms with E-state index in [1.54, 1.807) is 18.2 Å². The molecule has 0 atom stereocenters. The molecule has 0 saturated heterocycles. The zero-order chi connectivity index (χ0) is 19.8. The fourth-order valence-electron chi connectivity index (χ4n) is 2.88. The molecule has 4 rings (SSSR count). The molecule has 3 N–H and O–H groups in total. The number of fused-ring (bicyclic) bond motifs is 1. The second kappa shape index (κ2) is 6.82. The second-order valence-electron chi connectivity index (χ2n) is 5.74. The Morgan fingerprint density at radius 3 is 2.61 bits per heavy atom. The monoisotopic (exact) mass is 397 g/mol. The molecule has 3 aromatic heterocycles. The Kier molecular flexibility index (Phi) is 4.32. The summed E-state index contributed by atoms with van der Waals surface area (Å²) >= 11 is 1.41. The largest absolute Gasteiger partial charge is 0.493 e. The molecule has 0 saturated carbocycles. The number of primary amides is 1. The summed E-state index contributed by atoms with van der Waals surface area (Å²) < 4.78 is 11.9. The number of hydrogen-bond donors (Lipinski definition) is 2. The predicted octanol–water partition coefficient (Wildman–Crippen LogP) is 1.95. The lowest BCUT2D eigenvalue weighted by Gasteiger charge is -2.10. The number of ether oxygens (including phenoxy) is 2. The fraction of sp³-hybridized carbons (Fsp3) is 0.111. The zero-order valence-corrected chi connectivity index (χ0v) is 15.7. The van der Waals surface area contributed by atoms with Gasteiger partial charge in [-0.25, -0.2) is 19.3 Å².